The molecule has 1 aliphatic heterocycles. The predicted molar refractivity (Wildman–Crippen MR) is 67.0 cm³/mol. The molecule has 1 saturated heterocycles. The van der Waals surface area contributed by atoms with Crippen LogP contribution >= 0.6 is 15.9 Å². The van der Waals surface area contributed by atoms with Gasteiger partial charge in [0.15, 0.2) is 0 Å². The fraction of sp³-hybridized carbons (Fsp3) is 0.500. The second-order valence-corrected chi connectivity index (χ2v) is 4.98. The topological polar surface area (TPSA) is 15.3 Å². The molecule has 0 saturated carbocycles. The third-order valence-corrected chi connectivity index (χ3v) is 3.88. The van der Waals surface area contributed by atoms with Crippen LogP contribution in [0.3, 0.4) is 0 Å². The summed E-state index contributed by atoms with van der Waals surface area (Å²) >= 11 is 3.34. The summed E-state index contributed by atoms with van der Waals surface area (Å²) in [7, 11) is 0. The van der Waals surface area contributed by atoms with Crippen molar-refractivity contribution < 1.29 is 4.39 Å². The van der Waals surface area contributed by atoms with Crippen molar-refractivity contribution >= 4 is 15.9 Å². The van der Waals surface area contributed by atoms with Crippen molar-refractivity contribution in [1.82, 2.24) is 10.2 Å². The van der Waals surface area contributed by atoms with E-state index in [9.17, 15) is 4.39 Å². The molecular weight excluding hydrogens is 271 g/mol. The van der Waals surface area contributed by atoms with E-state index in [0.717, 1.165) is 43.9 Å². The quantitative estimate of drug-likeness (QED) is 0.898. The molecule has 88 valence electrons. The molecule has 4 heteroatoms. The number of benzene rings is 1. The van der Waals surface area contributed by atoms with Gasteiger partial charge in [0.05, 0.1) is 4.47 Å². The molecule has 0 aromatic heterocycles. The van der Waals surface area contributed by atoms with Crippen molar-refractivity contribution in [3.8, 4) is 0 Å². The van der Waals surface area contributed by atoms with Crippen LogP contribution in [0.15, 0.2) is 16.6 Å². The van der Waals surface area contributed by atoms with Crippen LogP contribution in [0.25, 0.3) is 0 Å². The minimum Gasteiger partial charge on any atom is -0.314 e. The molecule has 0 unspecified atom stereocenters. The van der Waals surface area contributed by atoms with Gasteiger partial charge in [-0.2, -0.15) is 0 Å². The van der Waals surface area contributed by atoms with Crippen LogP contribution in [0.2, 0.25) is 0 Å². The van der Waals surface area contributed by atoms with Crippen molar-refractivity contribution in [1.29, 1.82) is 0 Å². The molecule has 0 aliphatic carbocycles. The summed E-state index contributed by atoms with van der Waals surface area (Å²) in [6.07, 6.45) is 0. The van der Waals surface area contributed by atoms with Gasteiger partial charge < -0.3 is 5.32 Å². The highest BCUT2D eigenvalue weighted by molar-refractivity contribution is 9.10. The Bertz CT molecular complexity index is 376. The number of hydrogen-bond acceptors (Lipinski definition) is 2. The van der Waals surface area contributed by atoms with Gasteiger partial charge in [-0.15, -0.1) is 0 Å². The van der Waals surface area contributed by atoms with E-state index in [1.165, 1.54) is 6.07 Å². The molecule has 16 heavy (non-hydrogen) atoms. The summed E-state index contributed by atoms with van der Waals surface area (Å²) in [6.45, 7) is 6.95. The average Bonchev–Trinajstić information content (AvgIpc) is 2.31. The van der Waals surface area contributed by atoms with Crippen LogP contribution in [0.1, 0.15) is 11.1 Å². The maximum Gasteiger partial charge on any atom is 0.137 e. The zero-order valence-corrected chi connectivity index (χ0v) is 11.0. The van der Waals surface area contributed by atoms with Gasteiger partial charge >= 0.3 is 0 Å². The summed E-state index contributed by atoms with van der Waals surface area (Å²) in [6, 6.07) is 3.36. The van der Waals surface area contributed by atoms with E-state index >= 15 is 0 Å². The summed E-state index contributed by atoms with van der Waals surface area (Å²) in [5, 5.41) is 3.31. The number of piperazine rings is 1. The van der Waals surface area contributed by atoms with Crippen molar-refractivity contribution in [3.05, 3.63) is 33.5 Å². The van der Waals surface area contributed by atoms with Crippen LogP contribution in [-0.4, -0.2) is 31.1 Å². The summed E-state index contributed by atoms with van der Waals surface area (Å²) in [5.41, 5.74) is 2.22. The molecule has 0 spiro atoms. The minimum atomic E-state index is -0.171. The lowest BCUT2D eigenvalue weighted by atomic mass is 10.1. The van der Waals surface area contributed by atoms with Crippen molar-refractivity contribution in [2.24, 2.45) is 0 Å². The number of halogens is 2. The highest BCUT2D eigenvalue weighted by Gasteiger charge is 2.14. The average molecular weight is 287 g/mol. The van der Waals surface area contributed by atoms with Crippen LogP contribution in [0, 0.1) is 12.7 Å². The number of nitrogens with zero attached hydrogens (tertiary/aromatic N) is 1. The first-order valence-electron chi connectivity index (χ1n) is 5.55. The first kappa shape index (κ1) is 12.0. The largest absolute Gasteiger partial charge is 0.314 e. The first-order valence-corrected chi connectivity index (χ1v) is 6.34. The fourth-order valence-electron chi connectivity index (χ4n) is 1.98. The summed E-state index contributed by atoms with van der Waals surface area (Å²) < 4.78 is 14.1. The normalized spacial score (nSPS) is 17.7. The van der Waals surface area contributed by atoms with Crippen LogP contribution < -0.4 is 5.32 Å². The van der Waals surface area contributed by atoms with Crippen molar-refractivity contribution in [2.75, 3.05) is 26.2 Å². The number of nitrogens with one attached hydrogen (secondary N) is 1. The Balaban J connectivity index is 2.16. The van der Waals surface area contributed by atoms with Gasteiger partial charge in [-0.25, -0.2) is 4.39 Å². The SMILES string of the molecule is Cc1ccc(F)c(Br)c1CN1CCNCC1. The molecule has 1 aliphatic rings. The van der Waals surface area contributed by atoms with Crippen LogP contribution in [0.4, 0.5) is 4.39 Å². The van der Waals surface area contributed by atoms with Gasteiger partial charge in [-0.3, -0.25) is 4.90 Å². The highest BCUT2D eigenvalue weighted by atomic mass is 79.9. The Kier molecular flexibility index (Phi) is 3.95. The molecule has 1 fully saturated rings. The molecule has 1 heterocycles. The lowest BCUT2D eigenvalue weighted by Crippen LogP contribution is -2.43. The third kappa shape index (κ3) is 2.62. The molecule has 0 atom stereocenters. The van der Waals surface area contributed by atoms with Gasteiger partial charge in [0.1, 0.15) is 5.82 Å². The molecule has 0 radical (unpaired) electrons. The summed E-state index contributed by atoms with van der Waals surface area (Å²) in [5.74, 6) is -0.171. The van der Waals surface area contributed by atoms with Gasteiger partial charge in [-0.05, 0) is 40.0 Å². The van der Waals surface area contributed by atoms with E-state index in [-0.39, 0.29) is 5.82 Å². The van der Waals surface area contributed by atoms with E-state index in [1.807, 2.05) is 13.0 Å². The van der Waals surface area contributed by atoms with Crippen LogP contribution in [0.5, 0.6) is 0 Å². The maximum absolute atomic E-state index is 13.4. The molecule has 0 amide bonds. The standard InChI is InChI=1S/C12H16BrFN2/c1-9-2-3-11(14)12(13)10(9)8-16-6-4-15-5-7-16/h2-3,15H,4-8H2,1H3. The molecule has 2 nitrogen and oxygen atoms in total. The molecule has 1 aromatic carbocycles. The van der Waals surface area contributed by atoms with Gasteiger partial charge in [0.25, 0.3) is 0 Å². The fourth-order valence-corrected chi connectivity index (χ4v) is 2.55. The monoisotopic (exact) mass is 286 g/mol. The Morgan fingerprint density at radius 2 is 2.06 bits per heavy atom. The van der Waals surface area contributed by atoms with Gasteiger partial charge in [-0.1, -0.05) is 6.07 Å². The highest BCUT2D eigenvalue weighted by Crippen LogP contribution is 2.25. The van der Waals surface area contributed by atoms with Crippen molar-refractivity contribution in [2.45, 2.75) is 13.5 Å². The van der Waals surface area contributed by atoms with Gasteiger partial charge in [0.2, 0.25) is 0 Å². The number of hydrogen-bond donors (Lipinski definition) is 1. The summed E-state index contributed by atoms with van der Waals surface area (Å²) in [4.78, 5) is 2.35. The second kappa shape index (κ2) is 5.25. The first-order chi connectivity index (χ1) is 7.68. The van der Waals surface area contributed by atoms with E-state index < -0.39 is 0 Å². The Hall–Kier alpha value is -0.450. The number of rotatable bonds is 2. The van der Waals surface area contributed by atoms with E-state index in [4.69, 9.17) is 0 Å². The number of aryl methyl sites for hydroxylation is 1. The zero-order valence-electron chi connectivity index (χ0n) is 9.39. The van der Waals surface area contributed by atoms with E-state index in [0.29, 0.717) is 4.47 Å². The maximum atomic E-state index is 13.4. The van der Waals surface area contributed by atoms with E-state index in [2.05, 4.69) is 26.1 Å². The second-order valence-electron chi connectivity index (χ2n) is 4.18. The lowest BCUT2D eigenvalue weighted by molar-refractivity contribution is 0.232. The molecule has 1 N–H and O–H groups in total. The van der Waals surface area contributed by atoms with E-state index in [1.54, 1.807) is 0 Å². The molecule has 1 aromatic rings. The van der Waals surface area contributed by atoms with Crippen LogP contribution in [-0.2, 0) is 6.54 Å². The molecule has 2 rings (SSSR count). The Morgan fingerprint density at radius 3 is 2.75 bits per heavy atom. The Morgan fingerprint density at radius 1 is 1.38 bits per heavy atom. The molecule has 0 bridgehead atoms. The third-order valence-electron chi connectivity index (χ3n) is 3.02. The smallest absolute Gasteiger partial charge is 0.137 e. The van der Waals surface area contributed by atoms with Gasteiger partial charge in [0, 0.05) is 32.7 Å². The zero-order chi connectivity index (χ0) is 11.5. The predicted octanol–water partition coefficient (Wildman–Crippen LogP) is 2.30. The Labute approximate surface area is 104 Å². The van der Waals surface area contributed by atoms with Crippen molar-refractivity contribution in [3.63, 3.8) is 0 Å². The minimum absolute atomic E-state index is 0.171. The molecular formula is C12H16BrFN2. The lowest BCUT2D eigenvalue weighted by Gasteiger charge is -2.28.